The highest BCUT2D eigenvalue weighted by Crippen LogP contribution is 2.23. The Morgan fingerprint density at radius 3 is 2.74 bits per heavy atom. The highest BCUT2D eigenvalue weighted by molar-refractivity contribution is 9.10. The van der Waals surface area contributed by atoms with Gasteiger partial charge in [-0.15, -0.1) is 0 Å². The molecule has 1 aromatic carbocycles. The van der Waals surface area contributed by atoms with Gasteiger partial charge in [0.25, 0.3) is 0 Å². The van der Waals surface area contributed by atoms with Gasteiger partial charge in [0.2, 0.25) is 0 Å². The molecular formula is C13H15BrN4O. The van der Waals surface area contributed by atoms with Crippen LogP contribution in [0.4, 0.5) is 17.3 Å². The van der Waals surface area contributed by atoms with Crippen molar-refractivity contribution in [3.63, 3.8) is 0 Å². The summed E-state index contributed by atoms with van der Waals surface area (Å²) in [6.07, 6.45) is 1.48. The molecule has 0 amide bonds. The Labute approximate surface area is 120 Å². The smallest absolute Gasteiger partial charge is 0.135 e. The van der Waals surface area contributed by atoms with E-state index in [-0.39, 0.29) is 6.61 Å². The number of aryl methyl sites for hydroxylation is 1. The van der Waals surface area contributed by atoms with Crippen molar-refractivity contribution in [2.75, 3.05) is 23.8 Å². The molecule has 0 saturated heterocycles. The maximum atomic E-state index is 8.77. The van der Waals surface area contributed by atoms with Crippen LogP contribution in [0.3, 0.4) is 0 Å². The van der Waals surface area contributed by atoms with Crippen LogP contribution in [0.2, 0.25) is 0 Å². The summed E-state index contributed by atoms with van der Waals surface area (Å²) in [5.41, 5.74) is 2.12. The van der Waals surface area contributed by atoms with Crippen molar-refractivity contribution < 1.29 is 5.11 Å². The lowest BCUT2D eigenvalue weighted by atomic mass is 10.2. The van der Waals surface area contributed by atoms with Gasteiger partial charge in [0, 0.05) is 22.8 Å². The molecule has 5 nitrogen and oxygen atoms in total. The van der Waals surface area contributed by atoms with Crippen LogP contribution in [-0.2, 0) is 0 Å². The second kappa shape index (κ2) is 6.49. The molecule has 0 aliphatic carbocycles. The molecule has 3 N–H and O–H groups in total. The predicted octanol–water partition coefficient (Wildman–Crippen LogP) is 2.70. The van der Waals surface area contributed by atoms with Crippen LogP contribution in [-0.4, -0.2) is 28.2 Å². The van der Waals surface area contributed by atoms with Gasteiger partial charge in [-0.3, -0.25) is 0 Å². The molecule has 0 spiro atoms. The van der Waals surface area contributed by atoms with E-state index in [2.05, 4.69) is 36.5 Å². The topological polar surface area (TPSA) is 70.1 Å². The van der Waals surface area contributed by atoms with E-state index in [9.17, 15) is 0 Å². The molecule has 1 heterocycles. The second-order valence-electron chi connectivity index (χ2n) is 4.02. The summed E-state index contributed by atoms with van der Waals surface area (Å²) in [6.45, 7) is 2.56. The molecule has 1 aromatic heterocycles. The molecule has 2 aromatic rings. The van der Waals surface area contributed by atoms with E-state index in [1.807, 2.05) is 25.1 Å². The van der Waals surface area contributed by atoms with Crippen molar-refractivity contribution in [2.24, 2.45) is 0 Å². The van der Waals surface area contributed by atoms with E-state index in [1.54, 1.807) is 6.07 Å². The van der Waals surface area contributed by atoms with Gasteiger partial charge in [-0.25, -0.2) is 9.97 Å². The van der Waals surface area contributed by atoms with Gasteiger partial charge in [0.05, 0.1) is 6.61 Å². The minimum atomic E-state index is 0.0680. The number of benzene rings is 1. The molecule has 0 radical (unpaired) electrons. The second-order valence-corrected chi connectivity index (χ2v) is 4.94. The first kappa shape index (κ1) is 13.8. The van der Waals surface area contributed by atoms with Crippen LogP contribution >= 0.6 is 15.9 Å². The third-order valence-corrected chi connectivity index (χ3v) is 3.03. The van der Waals surface area contributed by atoms with Crippen molar-refractivity contribution in [2.45, 2.75) is 6.92 Å². The summed E-state index contributed by atoms with van der Waals surface area (Å²) in [6, 6.07) is 7.80. The third-order valence-electron chi connectivity index (χ3n) is 2.54. The van der Waals surface area contributed by atoms with Gasteiger partial charge in [-0.05, 0) is 30.7 Å². The third kappa shape index (κ3) is 3.90. The van der Waals surface area contributed by atoms with Gasteiger partial charge in [-0.1, -0.05) is 15.9 Å². The molecule has 0 saturated carbocycles. The van der Waals surface area contributed by atoms with Crippen molar-refractivity contribution in [1.82, 2.24) is 9.97 Å². The fourth-order valence-electron chi connectivity index (χ4n) is 1.61. The lowest BCUT2D eigenvalue weighted by Gasteiger charge is -2.10. The normalized spacial score (nSPS) is 10.3. The van der Waals surface area contributed by atoms with E-state index in [0.29, 0.717) is 18.2 Å². The average Bonchev–Trinajstić information content (AvgIpc) is 2.40. The molecule has 6 heteroatoms. The summed E-state index contributed by atoms with van der Waals surface area (Å²) in [5.74, 6) is 1.39. The maximum absolute atomic E-state index is 8.77. The minimum Gasteiger partial charge on any atom is -0.395 e. The van der Waals surface area contributed by atoms with Crippen molar-refractivity contribution >= 4 is 33.3 Å². The zero-order valence-corrected chi connectivity index (χ0v) is 12.1. The van der Waals surface area contributed by atoms with Crippen LogP contribution in [0.5, 0.6) is 0 Å². The average molecular weight is 323 g/mol. The highest BCUT2D eigenvalue weighted by Gasteiger charge is 2.02. The number of hydrogen-bond acceptors (Lipinski definition) is 5. The van der Waals surface area contributed by atoms with E-state index in [4.69, 9.17) is 5.11 Å². The van der Waals surface area contributed by atoms with Crippen LogP contribution in [0, 0.1) is 6.92 Å². The lowest BCUT2D eigenvalue weighted by molar-refractivity contribution is 0.311. The SMILES string of the molecule is Cc1cc(Br)ccc1Nc1cc(NCCO)ncn1. The molecule has 0 fully saturated rings. The number of halogens is 1. The van der Waals surface area contributed by atoms with Gasteiger partial charge < -0.3 is 15.7 Å². The summed E-state index contributed by atoms with van der Waals surface area (Å²) < 4.78 is 1.04. The predicted molar refractivity (Wildman–Crippen MR) is 79.8 cm³/mol. The standard InChI is InChI=1S/C13H15BrN4O/c1-9-6-10(14)2-3-11(9)18-13-7-12(15-4-5-19)16-8-17-13/h2-3,6-8,19H,4-5H2,1H3,(H2,15,16,17,18). The van der Waals surface area contributed by atoms with Crippen molar-refractivity contribution in [3.8, 4) is 0 Å². The fourth-order valence-corrected chi connectivity index (χ4v) is 2.09. The first-order valence-corrected chi connectivity index (χ1v) is 6.68. The summed E-state index contributed by atoms with van der Waals surface area (Å²) in [4.78, 5) is 8.24. The number of aromatic nitrogens is 2. The van der Waals surface area contributed by atoms with Crippen LogP contribution in [0.1, 0.15) is 5.56 Å². The van der Waals surface area contributed by atoms with Crippen LogP contribution in [0.25, 0.3) is 0 Å². The van der Waals surface area contributed by atoms with Crippen LogP contribution in [0.15, 0.2) is 35.1 Å². The molecule has 2 rings (SSSR count). The molecular weight excluding hydrogens is 308 g/mol. The largest absolute Gasteiger partial charge is 0.395 e. The Balaban J connectivity index is 2.14. The number of nitrogens with zero attached hydrogens (tertiary/aromatic N) is 2. The molecule has 19 heavy (non-hydrogen) atoms. The zero-order valence-electron chi connectivity index (χ0n) is 10.5. The first-order valence-electron chi connectivity index (χ1n) is 5.89. The van der Waals surface area contributed by atoms with Gasteiger partial charge in [-0.2, -0.15) is 0 Å². The van der Waals surface area contributed by atoms with Crippen molar-refractivity contribution in [1.29, 1.82) is 0 Å². The zero-order chi connectivity index (χ0) is 13.7. The number of nitrogens with one attached hydrogen (secondary N) is 2. The van der Waals surface area contributed by atoms with Gasteiger partial charge >= 0.3 is 0 Å². The number of hydrogen-bond donors (Lipinski definition) is 3. The Morgan fingerprint density at radius 2 is 2.00 bits per heavy atom. The monoisotopic (exact) mass is 322 g/mol. The quantitative estimate of drug-likeness (QED) is 0.789. The van der Waals surface area contributed by atoms with E-state index < -0.39 is 0 Å². The van der Waals surface area contributed by atoms with Gasteiger partial charge in [0.1, 0.15) is 18.0 Å². The minimum absolute atomic E-state index is 0.0680. The number of anilines is 3. The first-order chi connectivity index (χ1) is 9.19. The van der Waals surface area contributed by atoms with Gasteiger partial charge in [0.15, 0.2) is 0 Å². The molecule has 0 bridgehead atoms. The Kier molecular flexibility index (Phi) is 4.70. The molecule has 0 atom stereocenters. The molecule has 0 aliphatic rings. The molecule has 0 aliphatic heterocycles. The van der Waals surface area contributed by atoms with Crippen molar-refractivity contribution in [3.05, 3.63) is 40.6 Å². The number of aliphatic hydroxyl groups excluding tert-OH is 1. The van der Waals surface area contributed by atoms with E-state index >= 15 is 0 Å². The molecule has 100 valence electrons. The number of aliphatic hydroxyl groups is 1. The summed E-state index contributed by atoms with van der Waals surface area (Å²) >= 11 is 3.43. The van der Waals surface area contributed by atoms with E-state index in [0.717, 1.165) is 15.7 Å². The summed E-state index contributed by atoms with van der Waals surface area (Å²) in [5, 5.41) is 15.0. The molecule has 0 unspecified atom stereocenters. The fraction of sp³-hybridized carbons (Fsp3) is 0.231. The van der Waals surface area contributed by atoms with E-state index in [1.165, 1.54) is 6.33 Å². The Bertz CT molecular complexity index is 562. The highest BCUT2D eigenvalue weighted by atomic mass is 79.9. The lowest BCUT2D eigenvalue weighted by Crippen LogP contribution is -2.07. The Morgan fingerprint density at radius 1 is 1.21 bits per heavy atom. The van der Waals surface area contributed by atoms with Crippen LogP contribution < -0.4 is 10.6 Å². The summed E-state index contributed by atoms with van der Waals surface area (Å²) in [7, 11) is 0. The Hall–Kier alpha value is -1.66. The maximum Gasteiger partial charge on any atom is 0.135 e. The number of rotatable bonds is 5.